The maximum absolute atomic E-state index is 12.2. The predicted octanol–water partition coefficient (Wildman–Crippen LogP) is 2.81. The molecule has 1 unspecified atom stereocenters. The van der Waals surface area contributed by atoms with Crippen LogP contribution in [0.4, 0.5) is 0 Å². The average molecular weight is 365 g/mol. The highest BCUT2D eigenvalue weighted by Gasteiger charge is 2.31. The second-order valence-electron chi connectivity index (χ2n) is 5.34. The molecule has 6 nitrogen and oxygen atoms in total. The highest BCUT2D eigenvalue weighted by molar-refractivity contribution is 7.99. The maximum Gasteiger partial charge on any atom is 0.324 e. The Kier molecular flexibility index (Phi) is 5.70. The molecular formula is C16H19N3O3S2. The highest BCUT2D eigenvalue weighted by atomic mass is 32.2. The summed E-state index contributed by atoms with van der Waals surface area (Å²) in [4.78, 5) is 14.5. The first-order valence-corrected chi connectivity index (χ1v) is 9.37. The van der Waals surface area contributed by atoms with Crippen LogP contribution in [0.5, 0.6) is 0 Å². The minimum Gasteiger partial charge on any atom is -0.465 e. The van der Waals surface area contributed by atoms with E-state index < -0.39 is 0 Å². The number of hydrogen-bond acceptors (Lipinski definition) is 7. The number of rotatable bonds is 5. The molecule has 0 amide bonds. The number of thioether (sulfide) groups is 1. The summed E-state index contributed by atoms with van der Waals surface area (Å²) >= 11 is 7.04. The van der Waals surface area contributed by atoms with Gasteiger partial charge in [0.1, 0.15) is 6.04 Å². The van der Waals surface area contributed by atoms with Crippen molar-refractivity contribution >= 4 is 29.9 Å². The van der Waals surface area contributed by atoms with Crippen LogP contribution in [-0.2, 0) is 16.2 Å². The van der Waals surface area contributed by atoms with Crippen molar-refractivity contribution in [3.8, 4) is 11.5 Å². The molecule has 3 rings (SSSR count). The van der Waals surface area contributed by atoms with Crippen molar-refractivity contribution in [2.45, 2.75) is 19.6 Å². The molecule has 0 saturated carbocycles. The average Bonchev–Trinajstić information content (AvgIpc) is 2.97. The van der Waals surface area contributed by atoms with E-state index in [9.17, 15) is 4.79 Å². The van der Waals surface area contributed by atoms with E-state index in [0.717, 1.165) is 23.6 Å². The maximum atomic E-state index is 12.2. The molecule has 1 atom stereocenters. The standard InChI is InChI=1S/C16H19N3O3S2/c1-2-21-15(20)13-10-24-9-8-18(13)11-19-16(23)22-14(17-19)12-6-4-3-5-7-12/h3-7,13H,2,8-11H2,1H3. The Morgan fingerprint density at radius 1 is 1.46 bits per heavy atom. The third-order valence-electron chi connectivity index (χ3n) is 3.74. The summed E-state index contributed by atoms with van der Waals surface area (Å²) in [5.41, 5.74) is 0.874. The summed E-state index contributed by atoms with van der Waals surface area (Å²) in [7, 11) is 0. The van der Waals surface area contributed by atoms with Crippen molar-refractivity contribution < 1.29 is 13.9 Å². The molecule has 2 heterocycles. The van der Waals surface area contributed by atoms with Gasteiger partial charge in [-0.2, -0.15) is 11.8 Å². The molecule has 0 radical (unpaired) electrons. The second-order valence-corrected chi connectivity index (χ2v) is 6.83. The molecular weight excluding hydrogens is 346 g/mol. The molecule has 1 aromatic carbocycles. The summed E-state index contributed by atoms with van der Waals surface area (Å²) in [5, 5.41) is 4.46. The number of hydrogen-bond donors (Lipinski definition) is 0. The fourth-order valence-corrected chi connectivity index (χ4v) is 3.81. The smallest absolute Gasteiger partial charge is 0.324 e. The first kappa shape index (κ1) is 17.2. The summed E-state index contributed by atoms with van der Waals surface area (Å²) in [5.74, 6) is 1.98. The minimum absolute atomic E-state index is 0.192. The molecule has 128 valence electrons. The van der Waals surface area contributed by atoms with Crippen molar-refractivity contribution in [1.82, 2.24) is 14.7 Å². The molecule has 1 aromatic heterocycles. The minimum atomic E-state index is -0.275. The van der Waals surface area contributed by atoms with Crippen LogP contribution in [0.3, 0.4) is 0 Å². The molecule has 1 aliphatic heterocycles. The van der Waals surface area contributed by atoms with Crippen LogP contribution in [0.15, 0.2) is 34.7 Å². The number of carbonyl (C=O) groups is 1. The van der Waals surface area contributed by atoms with Crippen molar-refractivity contribution in [3.63, 3.8) is 0 Å². The number of benzene rings is 1. The van der Waals surface area contributed by atoms with Crippen molar-refractivity contribution in [3.05, 3.63) is 35.2 Å². The lowest BCUT2D eigenvalue weighted by Crippen LogP contribution is -2.48. The lowest BCUT2D eigenvalue weighted by Gasteiger charge is -2.32. The van der Waals surface area contributed by atoms with Gasteiger partial charge in [-0.25, -0.2) is 4.68 Å². The predicted molar refractivity (Wildman–Crippen MR) is 95.2 cm³/mol. The van der Waals surface area contributed by atoms with Gasteiger partial charge in [-0.1, -0.05) is 18.2 Å². The van der Waals surface area contributed by atoms with E-state index >= 15 is 0 Å². The van der Waals surface area contributed by atoms with E-state index in [0.29, 0.717) is 24.0 Å². The number of esters is 1. The van der Waals surface area contributed by atoms with Gasteiger partial charge in [0.25, 0.3) is 4.84 Å². The lowest BCUT2D eigenvalue weighted by molar-refractivity contribution is -0.149. The fourth-order valence-electron chi connectivity index (χ4n) is 2.53. The van der Waals surface area contributed by atoms with Gasteiger partial charge in [-0.15, -0.1) is 5.10 Å². The Hall–Kier alpha value is -1.64. The monoisotopic (exact) mass is 365 g/mol. The van der Waals surface area contributed by atoms with Gasteiger partial charge in [-0.05, 0) is 31.3 Å². The molecule has 0 spiro atoms. The molecule has 24 heavy (non-hydrogen) atoms. The molecule has 1 fully saturated rings. The van der Waals surface area contributed by atoms with Gasteiger partial charge in [0.05, 0.1) is 13.3 Å². The van der Waals surface area contributed by atoms with Gasteiger partial charge in [-0.3, -0.25) is 9.69 Å². The third kappa shape index (κ3) is 3.88. The zero-order chi connectivity index (χ0) is 16.9. The zero-order valence-electron chi connectivity index (χ0n) is 13.4. The van der Waals surface area contributed by atoms with Crippen LogP contribution in [0.25, 0.3) is 11.5 Å². The first-order valence-electron chi connectivity index (χ1n) is 7.81. The van der Waals surface area contributed by atoms with E-state index in [1.807, 2.05) is 42.2 Å². The number of ether oxygens (including phenoxy) is 1. The molecule has 2 aromatic rings. The Morgan fingerprint density at radius 2 is 2.25 bits per heavy atom. The van der Waals surface area contributed by atoms with Crippen LogP contribution in [0, 0.1) is 4.84 Å². The molecule has 0 bridgehead atoms. The van der Waals surface area contributed by atoms with E-state index in [4.69, 9.17) is 21.4 Å². The number of nitrogens with zero attached hydrogens (tertiary/aromatic N) is 3. The van der Waals surface area contributed by atoms with Gasteiger partial charge in [0.15, 0.2) is 0 Å². The molecule has 0 N–H and O–H groups in total. The van der Waals surface area contributed by atoms with Crippen LogP contribution >= 0.6 is 24.0 Å². The summed E-state index contributed by atoms with van der Waals surface area (Å²) in [6.45, 7) is 3.40. The van der Waals surface area contributed by atoms with E-state index in [1.54, 1.807) is 16.4 Å². The number of carbonyl (C=O) groups excluding carboxylic acids is 1. The second kappa shape index (κ2) is 7.96. The van der Waals surface area contributed by atoms with Gasteiger partial charge in [0, 0.05) is 23.6 Å². The van der Waals surface area contributed by atoms with Gasteiger partial charge >= 0.3 is 5.97 Å². The highest BCUT2D eigenvalue weighted by Crippen LogP contribution is 2.21. The van der Waals surface area contributed by atoms with Crippen molar-refractivity contribution in [2.75, 3.05) is 24.7 Å². The summed E-state index contributed by atoms with van der Waals surface area (Å²) < 4.78 is 12.4. The van der Waals surface area contributed by atoms with Crippen LogP contribution in [0.2, 0.25) is 0 Å². The van der Waals surface area contributed by atoms with E-state index in [1.165, 1.54) is 0 Å². The summed E-state index contributed by atoms with van der Waals surface area (Å²) in [6, 6.07) is 9.34. The largest absolute Gasteiger partial charge is 0.465 e. The SMILES string of the molecule is CCOC(=O)C1CSCCN1Cn1nc(-c2ccccc2)oc1=S. The first-order chi connectivity index (χ1) is 11.7. The van der Waals surface area contributed by atoms with Gasteiger partial charge in [0.2, 0.25) is 5.89 Å². The molecule has 1 aliphatic rings. The Bertz CT molecular complexity index is 745. The Balaban J connectivity index is 1.78. The van der Waals surface area contributed by atoms with Gasteiger partial charge < -0.3 is 9.15 Å². The van der Waals surface area contributed by atoms with Crippen molar-refractivity contribution in [2.24, 2.45) is 0 Å². The molecule has 1 saturated heterocycles. The van der Waals surface area contributed by atoms with Crippen LogP contribution < -0.4 is 0 Å². The van der Waals surface area contributed by atoms with E-state index in [2.05, 4.69) is 5.10 Å². The quantitative estimate of drug-likeness (QED) is 0.596. The topological polar surface area (TPSA) is 60.5 Å². The fraction of sp³-hybridized carbons (Fsp3) is 0.438. The normalized spacial score (nSPS) is 18.5. The lowest BCUT2D eigenvalue weighted by atomic mass is 10.2. The van der Waals surface area contributed by atoms with Crippen LogP contribution in [-0.4, -0.2) is 51.3 Å². The number of aromatic nitrogens is 2. The zero-order valence-corrected chi connectivity index (χ0v) is 15.0. The Labute approximate surface area is 149 Å². The van der Waals surface area contributed by atoms with E-state index in [-0.39, 0.29) is 12.0 Å². The molecule has 8 heteroatoms. The third-order valence-corrected chi connectivity index (χ3v) is 5.06. The van der Waals surface area contributed by atoms with Crippen LogP contribution in [0.1, 0.15) is 6.92 Å². The van der Waals surface area contributed by atoms with Crippen molar-refractivity contribution in [1.29, 1.82) is 0 Å². The molecule has 0 aliphatic carbocycles. The summed E-state index contributed by atoms with van der Waals surface area (Å²) in [6.07, 6.45) is 0. The Morgan fingerprint density at radius 3 is 3.00 bits per heavy atom.